The highest BCUT2D eigenvalue weighted by Crippen LogP contribution is 2.15. The fourth-order valence-electron chi connectivity index (χ4n) is 1.92. The third-order valence-corrected chi connectivity index (χ3v) is 2.96. The van der Waals surface area contributed by atoms with Crippen LogP contribution in [-0.4, -0.2) is 25.3 Å². The third kappa shape index (κ3) is 4.50. The van der Waals surface area contributed by atoms with Crippen LogP contribution in [0.5, 0.6) is 0 Å². The third-order valence-electron chi connectivity index (χ3n) is 2.96. The van der Waals surface area contributed by atoms with E-state index in [1.54, 1.807) is 13.2 Å². The van der Waals surface area contributed by atoms with Crippen LogP contribution in [0.25, 0.3) is 0 Å². The monoisotopic (exact) mass is 276 g/mol. The van der Waals surface area contributed by atoms with Gasteiger partial charge in [0.1, 0.15) is 6.10 Å². The van der Waals surface area contributed by atoms with Crippen LogP contribution in [-0.2, 0) is 9.47 Å². The van der Waals surface area contributed by atoms with Crippen molar-refractivity contribution in [2.24, 2.45) is 0 Å². The van der Waals surface area contributed by atoms with Crippen molar-refractivity contribution in [3.63, 3.8) is 0 Å². The van der Waals surface area contributed by atoms with Crippen LogP contribution in [0.3, 0.4) is 0 Å². The lowest BCUT2D eigenvalue weighted by Gasteiger charge is -2.20. The summed E-state index contributed by atoms with van der Waals surface area (Å²) in [5, 5.41) is 5.97. The summed E-state index contributed by atoms with van der Waals surface area (Å²) in [6, 6.07) is 7.50. The number of nitrogens with one attached hydrogen (secondary N) is 2. The predicted molar refractivity (Wildman–Crippen MR) is 78.8 cm³/mol. The Morgan fingerprint density at radius 1 is 1.35 bits per heavy atom. The van der Waals surface area contributed by atoms with Crippen LogP contribution in [0.1, 0.15) is 19.8 Å². The lowest BCUT2D eigenvalue weighted by molar-refractivity contribution is 0.135. The molecule has 1 aromatic rings. The highest BCUT2D eigenvalue weighted by molar-refractivity contribution is 5.84. The van der Waals surface area contributed by atoms with Gasteiger partial charge in [-0.25, -0.2) is 4.79 Å². The van der Waals surface area contributed by atoms with Crippen molar-refractivity contribution in [2.75, 3.05) is 23.8 Å². The van der Waals surface area contributed by atoms with Crippen LogP contribution in [0, 0.1) is 0 Å². The van der Waals surface area contributed by atoms with E-state index in [2.05, 4.69) is 10.6 Å². The molecule has 1 amide bonds. The van der Waals surface area contributed by atoms with E-state index in [9.17, 15) is 4.79 Å². The lowest BCUT2D eigenvalue weighted by atomic mass is 10.1. The second-order valence-electron chi connectivity index (χ2n) is 4.51. The maximum atomic E-state index is 11.3. The molecule has 5 nitrogen and oxygen atoms in total. The van der Waals surface area contributed by atoms with Gasteiger partial charge in [0.05, 0.1) is 19.4 Å². The number of benzene rings is 1. The first-order chi connectivity index (χ1) is 9.78. The van der Waals surface area contributed by atoms with E-state index in [1.807, 2.05) is 30.3 Å². The maximum absolute atomic E-state index is 11.3. The minimum Gasteiger partial charge on any atom is -0.497 e. The van der Waals surface area contributed by atoms with E-state index >= 15 is 0 Å². The molecule has 1 aliphatic rings. The smallest absolute Gasteiger partial charge is 0.411 e. The number of hydrogen-bond acceptors (Lipinski definition) is 4. The molecule has 0 saturated heterocycles. The zero-order valence-electron chi connectivity index (χ0n) is 11.6. The Morgan fingerprint density at radius 2 is 2.10 bits per heavy atom. The van der Waals surface area contributed by atoms with Gasteiger partial charge >= 0.3 is 6.09 Å². The number of carbonyl (C=O) groups excluding carboxylic acids is 1. The molecule has 1 unspecified atom stereocenters. The van der Waals surface area contributed by atoms with Crippen molar-refractivity contribution in [1.82, 2.24) is 0 Å². The Kier molecular flexibility index (Phi) is 5.29. The summed E-state index contributed by atoms with van der Waals surface area (Å²) in [6.45, 7) is 2.91. The highest BCUT2D eigenvalue weighted by Gasteiger charge is 2.10. The molecule has 1 heterocycles. The average molecular weight is 276 g/mol. The number of allylic oxidation sites excluding steroid dienone is 1. The van der Waals surface area contributed by atoms with Crippen LogP contribution in [0.4, 0.5) is 16.2 Å². The molecule has 0 spiro atoms. The molecule has 0 aromatic heterocycles. The first-order valence-electron chi connectivity index (χ1n) is 6.86. The zero-order valence-corrected chi connectivity index (χ0v) is 11.6. The molecule has 0 aliphatic carbocycles. The number of carbonyl (C=O) groups is 1. The summed E-state index contributed by atoms with van der Waals surface area (Å²) in [4.78, 5) is 11.3. The highest BCUT2D eigenvalue weighted by atomic mass is 16.5. The van der Waals surface area contributed by atoms with Crippen molar-refractivity contribution >= 4 is 17.5 Å². The quantitative estimate of drug-likeness (QED) is 0.865. The van der Waals surface area contributed by atoms with Gasteiger partial charge in [-0.15, -0.1) is 0 Å². The molecule has 1 aliphatic heterocycles. The number of amides is 1. The Hall–Kier alpha value is -2.17. The van der Waals surface area contributed by atoms with Gasteiger partial charge in [0.25, 0.3) is 0 Å². The van der Waals surface area contributed by atoms with Crippen molar-refractivity contribution in [2.45, 2.75) is 25.9 Å². The van der Waals surface area contributed by atoms with E-state index in [4.69, 9.17) is 9.47 Å². The van der Waals surface area contributed by atoms with Crippen LogP contribution < -0.4 is 10.6 Å². The minimum atomic E-state index is -0.435. The first-order valence-corrected chi connectivity index (χ1v) is 6.86. The van der Waals surface area contributed by atoms with Gasteiger partial charge in [-0.2, -0.15) is 0 Å². The Bertz CT molecular complexity index is 457. The molecule has 0 saturated carbocycles. The zero-order chi connectivity index (χ0) is 14.2. The number of ether oxygens (including phenoxy) is 2. The van der Waals surface area contributed by atoms with Crippen LogP contribution in [0.15, 0.2) is 36.6 Å². The van der Waals surface area contributed by atoms with Crippen LogP contribution >= 0.6 is 0 Å². The van der Waals surface area contributed by atoms with Gasteiger partial charge in [0, 0.05) is 11.4 Å². The van der Waals surface area contributed by atoms with Crippen molar-refractivity contribution in [1.29, 1.82) is 0 Å². The lowest BCUT2D eigenvalue weighted by Crippen LogP contribution is -2.22. The van der Waals surface area contributed by atoms with Gasteiger partial charge in [-0.3, -0.25) is 5.32 Å². The Morgan fingerprint density at radius 3 is 2.75 bits per heavy atom. The molecular weight excluding hydrogens is 256 g/mol. The van der Waals surface area contributed by atoms with E-state index in [-0.39, 0.29) is 6.10 Å². The number of rotatable bonds is 5. The molecule has 5 heteroatoms. The van der Waals surface area contributed by atoms with Gasteiger partial charge in [0.15, 0.2) is 0 Å². The fourth-order valence-corrected chi connectivity index (χ4v) is 1.92. The predicted octanol–water partition coefficient (Wildman–Crippen LogP) is 3.36. The molecule has 2 N–H and O–H groups in total. The minimum absolute atomic E-state index is 0.220. The number of anilines is 2. The molecular formula is C15H20N2O3. The summed E-state index contributed by atoms with van der Waals surface area (Å²) < 4.78 is 10.3. The molecule has 0 bridgehead atoms. The second kappa shape index (κ2) is 7.43. The normalized spacial score (nSPS) is 17.1. The van der Waals surface area contributed by atoms with E-state index in [0.29, 0.717) is 12.3 Å². The molecule has 1 atom stereocenters. The topological polar surface area (TPSA) is 59.6 Å². The van der Waals surface area contributed by atoms with Gasteiger partial charge < -0.3 is 14.8 Å². The SMILES string of the molecule is CCOC(=O)Nc1ccc(NCC2CCC=CO2)cc1. The molecule has 0 radical (unpaired) electrons. The Labute approximate surface area is 119 Å². The molecule has 108 valence electrons. The van der Waals surface area contributed by atoms with Gasteiger partial charge in [0.2, 0.25) is 0 Å². The average Bonchev–Trinajstić information content (AvgIpc) is 2.48. The second-order valence-corrected chi connectivity index (χ2v) is 4.51. The van der Waals surface area contributed by atoms with E-state index < -0.39 is 6.09 Å². The molecule has 1 aromatic carbocycles. The fraction of sp³-hybridized carbons (Fsp3) is 0.400. The molecule has 2 rings (SSSR count). The summed E-state index contributed by atoms with van der Waals surface area (Å²) in [6.07, 6.45) is 5.68. The summed E-state index contributed by atoms with van der Waals surface area (Å²) in [7, 11) is 0. The maximum Gasteiger partial charge on any atom is 0.411 e. The summed E-state index contributed by atoms with van der Waals surface area (Å²) in [5.41, 5.74) is 1.71. The van der Waals surface area contributed by atoms with E-state index in [1.165, 1.54) is 0 Å². The summed E-state index contributed by atoms with van der Waals surface area (Å²) >= 11 is 0. The Balaban J connectivity index is 1.79. The van der Waals surface area contributed by atoms with Gasteiger partial charge in [-0.1, -0.05) is 0 Å². The van der Waals surface area contributed by atoms with Crippen molar-refractivity contribution in [3.05, 3.63) is 36.6 Å². The number of hydrogen-bond donors (Lipinski definition) is 2. The largest absolute Gasteiger partial charge is 0.497 e. The van der Waals surface area contributed by atoms with E-state index in [0.717, 1.165) is 25.1 Å². The van der Waals surface area contributed by atoms with Crippen molar-refractivity contribution < 1.29 is 14.3 Å². The van der Waals surface area contributed by atoms with Crippen molar-refractivity contribution in [3.8, 4) is 0 Å². The van der Waals surface area contributed by atoms with Gasteiger partial charge in [-0.05, 0) is 50.1 Å². The molecule has 0 fully saturated rings. The first kappa shape index (κ1) is 14.2. The standard InChI is InChI=1S/C15H20N2O3/c1-2-19-15(18)17-13-8-6-12(7-9-13)16-11-14-5-3-4-10-20-14/h4,6-10,14,16H,2-3,5,11H2,1H3,(H,17,18). The molecule has 20 heavy (non-hydrogen) atoms. The summed E-state index contributed by atoms with van der Waals surface area (Å²) in [5.74, 6) is 0. The van der Waals surface area contributed by atoms with Crippen LogP contribution in [0.2, 0.25) is 0 Å².